The van der Waals surface area contributed by atoms with Crippen LogP contribution in [0.15, 0.2) is 12.1 Å². The smallest absolute Gasteiger partial charge is 0.174 e. The van der Waals surface area contributed by atoms with Gasteiger partial charge in [0.15, 0.2) is 18.1 Å². The molecule has 1 aromatic carbocycles. The number of nitrogens with one attached hydrogen (secondary N) is 1. The third-order valence-electron chi connectivity index (χ3n) is 2.47. The van der Waals surface area contributed by atoms with Crippen LogP contribution in [-0.2, 0) is 6.54 Å². The second-order valence-corrected chi connectivity index (χ2v) is 5.00. The molecule has 4 nitrogen and oxygen atoms in total. The van der Waals surface area contributed by atoms with E-state index in [1.807, 2.05) is 12.1 Å². The van der Waals surface area contributed by atoms with Crippen LogP contribution in [0.5, 0.6) is 11.5 Å². The zero-order valence-electron chi connectivity index (χ0n) is 11.5. The lowest BCUT2D eigenvalue weighted by Crippen LogP contribution is -2.19. The van der Waals surface area contributed by atoms with Crippen LogP contribution in [0.1, 0.15) is 19.4 Å². The minimum absolute atomic E-state index is 0.0187. The van der Waals surface area contributed by atoms with Crippen molar-refractivity contribution in [3.05, 3.63) is 22.7 Å². The van der Waals surface area contributed by atoms with Crippen molar-refractivity contribution in [1.29, 1.82) is 5.26 Å². The lowest BCUT2D eigenvalue weighted by Gasteiger charge is -2.15. The lowest BCUT2D eigenvalue weighted by atomic mass is 10.1. The molecule has 1 rings (SSSR count). The van der Waals surface area contributed by atoms with Crippen LogP contribution >= 0.6 is 11.6 Å². The van der Waals surface area contributed by atoms with E-state index >= 15 is 0 Å². The highest BCUT2D eigenvalue weighted by molar-refractivity contribution is 6.30. The summed E-state index contributed by atoms with van der Waals surface area (Å²) in [5, 5.41) is 12.5. The van der Waals surface area contributed by atoms with Gasteiger partial charge in [0, 0.05) is 23.2 Å². The standard InChI is InChI=1S/C14H19ClN2O2/c1-10(2)8-17-9-11-6-12(15)7-13(18-3)14(11)19-5-4-16/h6-7,10,17H,5,8-9H2,1-3H3. The third kappa shape index (κ3) is 4.98. The largest absolute Gasteiger partial charge is 0.493 e. The summed E-state index contributed by atoms with van der Waals surface area (Å²) in [4.78, 5) is 0. The predicted octanol–water partition coefficient (Wildman–Crippen LogP) is 3.00. The molecule has 19 heavy (non-hydrogen) atoms. The van der Waals surface area contributed by atoms with E-state index in [-0.39, 0.29) is 6.61 Å². The van der Waals surface area contributed by atoms with Crippen LogP contribution in [0.2, 0.25) is 5.02 Å². The Morgan fingerprint density at radius 1 is 1.42 bits per heavy atom. The minimum atomic E-state index is -0.0187. The van der Waals surface area contributed by atoms with Crippen LogP contribution in [0, 0.1) is 17.2 Å². The van der Waals surface area contributed by atoms with E-state index in [0.717, 1.165) is 12.1 Å². The molecule has 5 heteroatoms. The van der Waals surface area contributed by atoms with Crippen molar-refractivity contribution < 1.29 is 9.47 Å². The number of methoxy groups -OCH3 is 1. The Bertz CT molecular complexity index is 455. The Morgan fingerprint density at radius 2 is 2.16 bits per heavy atom. The number of ether oxygens (including phenoxy) is 2. The molecule has 0 aliphatic rings. The van der Waals surface area contributed by atoms with Gasteiger partial charge >= 0.3 is 0 Å². The van der Waals surface area contributed by atoms with Gasteiger partial charge in [0.05, 0.1) is 7.11 Å². The molecular weight excluding hydrogens is 264 g/mol. The van der Waals surface area contributed by atoms with E-state index in [9.17, 15) is 0 Å². The van der Waals surface area contributed by atoms with Crippen molar-refractivity contribution in [2.75, 3.05) is 20.3 Å². The number of nitriles is 1. The molecule has 0 amide bonds. The molecule has 0 unspecified atom stereocenters. The fourth-order valence-corrected chi connectivity index (χ4v) is 1.90. The summed E-state index contributed by atoms with van der Waals surface area (Å²) in [6, 6.07) is 5.46. The van der Waals surface area contributed by atoms with Gasteiger partial charge in [-0.15, -0.1) is 0 Å². The molecule has 1 aromatic rings. The van der Waals surface area contributed by atoms with Crippen molar-refractivity contribution in [3.8, 4) is 17.6 Å². The number of hydrogen-bond donors (Lipinski definition) is 1. The van der Waals surface area contributed by atoms with Crippen molar-refractivity contribution in [2.24, 2.45) is 5.92 Å². The molecule has 0 atom stereocenters. The van der Waals surface area contributed by atoms with Gasteiger partial charge in [0.2, 0.25) is 0 Å². The van der Waals surface area contributed by atoms with Gasteiger partial charge in [-0.1, -0.05) is 25.4 Å². The molecule has 0 aliphatic heterocycles. The molecule has 0 fully saturated rings. The first-order chi connectivity index (χ1) is 9.08. The first-order valence-electron chi connectivity index (χ1n) is 6.15. The fourth-order valence-electron chi connectivity index (χ4n) is 1.67. The summed E-state index contributed by atoms with van der Waals surface area (Å²) in [6.45, 7) is 5.77. The van der Waals surface area contributed by atoms with Crippen molar-refractivity contribution in [3.63, 3.8) is 0 Å². The van der Waals surface area contributed by atoms with Crippen LogP contribution in [0.4, 0.5) is 0 Å². The number of rotatable bonds is 7. The van der Waals surface area contributed by atoms with Gasteiger partial charge in [-0.05, 0) is 18.5 Å². The quantitative estimate of drug-likeness (QED) is 0.835. The highest BCUT2D eigenvalue weighted by atomic mass is 35.5. The summed E-state index contributed by atoms with van der Waals surface area (Å²) in [5.41, 5.74) is 0.889. The van der Waals surface area contributed by atoms with Gasteiger partial charge in [-0.2, -0.15) is 5.26 Å². The molecule has 0 aromatic heterocycles. The molecule has 0 bridgehead atoms. The van der Waals surface area contributed by atoms with Crippen LogP contribution in [0.3, 0.4) is 0 Å². The van der Waals surface area contributed by atoms with Crippen molar-refractivity contribution >= 4 is 11.6 Å². The molecule has 1 N–H and O–H groups in total. The molecule has 0 radical (unpaired) electrons. The Morgan fingerprint density at radius 3 is 2.74 bits per heavy atom. The predicted molar refractivity (Wildman–Crippen MR) is 75.7 cm³/mol. The van der Waals surface area contributed by atoms with Gasteiger partial charge < -0.3 is 14.8 Å². The minimum Gasteiger partial charge on any atom is -0.493 e. The van der Waals surface area contributed by atoms with Gasteiger partial charge in [0.25, 0.3) is 0 Å². The van der Waals surface area contributed by atoms with E-state index in [1.165, 1.54) is 0 Å². The summed E-state index contributed by atoms with van der Waals surface area (Å²) in [5.74, 6) is 1.68. The second kappa shape index (κ2) is 7.88. The van der Waals surface area contributed by atoms with Gasteiger partial charge in [-0.25, -0.2) is 0 Å². The van der Waals surface area contributed by atoms with Crippen molar-refractivity contribution in [2.45, 2.75) is 20.4 Å². The average Bonchev–Trinajstić information content (AvgIpc) is 2.36. The van der Waals surface area contributed by atoms with E-state index in [4.69, 9.17) is 26.3 Å². The SMILES string of the molecule is COc1cc(Cl)cc(CNCC(C)C)c1OCC#N. The summed E-state index contributed by atoms with van der Waals surface area (Å²) in [6.07, 6.45) is 0. The van der Waals surface area contributed by atoms with Gasteiger partial charge in [-0.3, -0.25) is 0 Å². The molecular formula is C14H19ClN2O2. The maximum atomic E-state index is 8.63. The maximum Gasteiger partial charge on any atom is 0.174 e. The average molecular weight is 283 g/mol. The molecule has 0 saturated carbocycles. The van der Waals surface area contributed by atoms with Crippen LogP contribution in [-0.4, -0.2) is 20.3 Å². The number of halogens is 1. The Hall–Kier alpha value is -1.44. The lowest BCUT2D eigenvalue weighted by molar-refractivity contribution is 0.325. The zero-order valence-corrected chi connectivity index (χ0v) is 12.3. The Kier molecular flexibility index (Phi) is 6.48. The van der Waals surface area contributed by atoms with Gasteiger partial charge in [0.1, 0.15) is 6.07 Å². The highest BCUT2D eigenvalue weighted by Gasteiger charge is 2.12. The fraction of sp³-hybridized carbons (Fsp3) is 0.500. The zero-order chi connectivity index (χ0) is 14.3. The number of benzene rings is 1. The van der Waals surface area contributed by atoms with Crippen LogP contribution in [0.25, 0.3) is 0 Å². The molecule has 0 spiro atoms. The molecule has 0 heterocycles. The Labute approximate surface area is 119 Å². The maximum absolute atomic E-state index is 8.63. The molecule has 0 saturated heterocycles. The van der Waals surface area contributed by atoms with Crippen molar-refractivity contribution in [1.82, 2.24) is 5.32 Å². The number of nitrogens with zero attached hydrogens (tertiary/aromatic N) is 1. The summed E-state index contributed by atoms with van der Waals surface area (Å²) >= 11 is 6.05. The second-order valence-electron chi connectivity index (χ2n) is 4.57. The summed E-state index contributed by atoms with van der Waals surface area (Å²) in [7, 11) is 1.55. The topological polar surface area (TPSA) is 54.3 Å². The van der Waals surface area contributed by atoms with Crippen LogP contribution < -0.4 is 14.8 Å². The Balaban J connectivity index is 2.91. The third-order valence-corrected chi connectivity index (χ3v) is 2.68. The first kappa shape index (κ1) is 15.6. The first-order valence-corrected chi connectivity index (χ1v) is 6.53. The monoisotopic (exact) mass is 282 g/mol. The van der Waals surface area contributed by atoms with E-state index < -0.39 is 0 Å². The molecule has 104 valence electrons. The van der Waals surface area contributed by atoms with E-state index in [0.29, 0.717) is 29.0 Å². The van der Waals surface area contributed by atoms with E-state index in [2.05, 4.69) is 19.2 Å². The summed E-state index contributed by atoms with van der Waals surface area (Å²) < 4.78 is 10.7. The number of hydrogen-bond acceptors (Lipinski definition) is 4. The highest BCUT2D eigenvalue weighted by Crippen LogP contribution is 2.34. The molecule has 0 aliphatic carbocycles. The normalized spacial score (nSPS) is 10.3. The van der Waals surface area contributed by atoms with E-state index in [1.54, 1.807) is 13.2 Å².